The van der Waals surface area contributed by atoms with E-state index in [1.54, 1.807) is 18.2 Å². The molecule has 24 heavy (non-hydrogen) atoms. The molecule has 1 aromatic heterocycles. The third-order valence-electron chi connectivity index (χ3n) is 4.01. The lowest BCUT2D eigenvalue weighted by atomic mass is 10.2. The zero-order chi connectivity index (χ0) is 17.3. The van der Waals surface area contributed by atoms with Gasteiger partial charge in [0.1, 0.15) is 0 Å². The molecule has 7 heteroatoms. The van der Waals surface area contributed by atoms with Gasteiger partial charge in [-0.3, -0.25) is 14.5 Å². The highest BCUT2D eigenvalue weighted by Gasteiger charge is 2.27. The van der Waals surface area contributed by atoms with Crippen molar-refractivity contribution in [2.24, 2.45) is 0 Å². The van der Waals surface area contributed by atoms with Gasteiger partial charge in [0.05, 0.1) is 28.0 Å². The van der Waals surface area contributed by atoms with Crippen LogP contribution >= 0.6 is 0 Å². The van der Waals surface area contributed by atoms with Gasteiger partial charge in [-0.25, -0.2) is 14.8 Å². The second-order valence-corrected chi connectivity index (χ2v) is 5.72. The van der Waals surface area contributed by atoms with Crippen molar-refractivity contribution in [1.29, 1.82) is 0 Å². The van der Waals surface area contributed by atoms with E-state index in [1.165, 1.54) is 0 Å². The van der Waals surface area contributed by atoms with Crippen molar-refractivity contribution in [1.82, 2.24) is 14.9 Å². The lowest BCUT2D eigenvalue weighted by Crippen LogP contribution is -2.35. The second kappa shape index (κ2) is 6.35. The minimum Gasteiger partial charge on any atom is -0.452 e. The molecule has 1 aromatic carbocycles. The van der Waals surface area contributed by atoms with E-state index >= 15 is 0 Å². The quantitative estimate of drug-likeness (QED) is 0.795. The molecule has 7 nitrogen and oxygen atoms in total. The molecular weight excluding hydrogens is 310 g/mol. The molecule has 2 heterocycles. The van der Waals surface area contributed by atoms with Crippen LogP contribution in [0.15, 0.2) is 18.2 Å². The Morgan fingerprint density at radius 1 is 1.17 bits per heavy atom. The summed E-state index contributed by atoms with van der Waals surface area (Å²) in [6, 6.07) is 4.86. The Hall–Kier alpha value is -2.83. The predicted molar refractivity (Wildman–Crippen MR) is 85.2 cm³/mol. The summed E-state index contributed by atoms with van der Waals surface area (Å²) in [5.74, 6) is -1.34. The summed E-state index contributed by atoms with van der Waals surface area (Å²) < 4.78 is 5.02. The molecule has 3 rings (SSSR count). The van der Waals surface area contributed by atoms with Crippen LogP contribution in [0.4, 0.5) is 0 Å². The maximum atomic E-state index is 12.1. The topological polar surface area (TPSA) is 89.5 Å². The van der Waals surface area contributed by atoms with Crippen molar-refractivity contribution in [2.45, 2.75) is 26.7 Å². The lowest BCUT2D eigenvalue weighted by molar-refractivity contribution is -0.143. The van der Waals surface area contributed by atoms with Gasteiger partial charge in [-0.2, -0.15) is 0 Å². The Kier molecular flexibility index (Phi) is 4.24. The second-order valence-electron chi connectivity index (χ2n) is 5.72. The first-order chi connectivity index (χ1) is 11.5. The first-order valence-corrected chi connectivity index (χ1v) is 7.71. The molecule has 2 aromatic rings. The fourth-order valence-corrected chi connectivity index (χ4v) is 2.56. The molecule has 0 aliphatic carbocycles. The van der Waals surface area contributed by atoms with Crippen LogP contribution in [0, 0.1) is 13.8 Å². The number of rotatable bonds is 3. The van der Waals surface area contributed by atoms with Crippen LogP contribution in [0.3, 0.4) is 0 Å². The van der Waals surface area contributed by atoms with Gasteiger partial charge >= 0.3 is 5.97 Å². The lowest BCUT2D eigenvalue weighted by Gasteiger charge is -2.13. The number of carbonyl (C=O) groups excluding carboxylic acids is 3. The van der Waals surface area contributed by atoms with Crippen molar-refractivity contribution in [3.63, 3.8) is 0 Å². The molecule has 0 N–H and O–H groups in total. The van der Waals surface area contributed by atoms with Crippen molar-refractivity contribution in [2.75, 3.05) is 13.2 Å². The van der Waals surface area contributed by atoms with Crippen LogP contribution in [0.5, 0.6) is 0 Å². The zero-order valence-electron chi connectivity index (χ0n) is 13.5. The van der Waals surface area contributed by atoms with Crippen molar-refractivity contribution < 1.29 is 19.1 Å². The van der Waals surface area contributed by atoms with Crippen LogP contribution in [0.1, 0.15) is 34.6 Å². The van der Waals surface area contributed by atoms with E-state index in [-0.39, 0.29) is 5.91 Å². The SMILES string of the molecule is Cc1nc2ccc(C(=O)OCC(=O)N3CCCC3=O)cc2nc1C. The largest absolute Gasteiger partial charge is 0.452 e. The van der Waals surface area contributed by atoms with Crippen LogP contribution in [-0.2, 0) is 14.3 Å². The minimum atomic E-state index is -0.628. The Bertz CT molecular complexity index is 847. The Morgan fingerprint density at radius 2 is 1.88 bits per heavy atom. The zero-order valence-corrected chi connectivity index (χ0v) is 13.5. The molecule has 0 spiro atoms. The first-order valence-electron chi connectivity index (χ1n) is 7.71. The van der Waals surface area contributed by atoms with E-state index in [1.807, 2.05) is 13.8 Å². The first kappa shape index (κ1) is 16.0. The maximum absolute atomic E-state index is 12.1. The average Bonchev–Trinajstić information content (AvgIpc) is 2.99. The van der Waals surface area contributed by atoms with E-state index < -0.39 is 18.5 Å². The smallest absolute Gasteiger partial charge is 0.338 e. The molecule has 124 valence electrons. The third-order valence-corrected chi connectivity index (χ3v) is 4.01. The molecule has 1 fully saturated rings. The molecule has 0 atom stereocenters. The number of esters is 1. The van der Waals surface area contributed by atoms with Gasteiger partial charge in [0, 0.05) is 13.0 Å². The van der Waals surface area contributed by atoms with Crippen LogP contribution in [-0.4, -0.2) is 45.8 Å². The monoisotopic (exact) mass is 327 g/mol. The van der Waals surface area contributed by atoms with Gasteiger partial charge in [-0.15, -0.1) is 0 Å². The highest BCUT2D eigenvalue weighted by molar-refractivity contribution is 5.99. The Morgan fingerprint density at radius 3 is 2.54 bits per heavy atom. The number of amides is 2. The summed E-state index contributed by atoms with van der Waals surface area (Å²) in [6.07, 6.45) is 1.02. The van der Waals surface area contributed by atoms with Gasteiger partial charge in [0.25, 0.3) is 5.91 Å². The highest BCUT2D eigenvalue weighted by atomic mass is 16.5. The summed E-state index contributed by atoms with van der Waals surface area (Å²) in [4.78, 5) is 45.4. The highest BCUT2D eigenvalue weighted by Crippen LogP contribution is 2.15. The van der Waals surface area contributed by atoms with E-state index in [2.05, 4.69) is 9.97 Å². The molecule has 0 bridgehead atoms. The molecule has 0 saturated carbocycles. The maximum Gasteiger partial charge on any atom is 0.338 e. The number of aryl methyl sites for hydroxylation is 2. The number of imide groups is 1. The summed E-state index contributed by atoms with van der Waals surface area (Å²) in [5, 5.41) is 0. The van der Waals surface area contributed by atoms with Gasteiger partial charge in [-0.1, -0.05) is 0 Å². The molecule has 1 saturated heterocycles. The number of ether oxygens (including phenoxy) is 1. The van der Waals surface area contributed by atoms with E-state index in [4.69, 9.17) is 4.74 Å². The van der Waals surface area contributed by atoms with Crippen molar-refractivity contribution in [3.05, 3.63) is 35.2 Å². The van der Waals surface area contributed by atoms with E-state index in [9.17, 15) is 14.4 Å². The van der Waals surface area contributed by atoms with Gasteiger partial charge < -0.3 is 4.74 Å². The van der Waals surface area contributed by atoms with Gasteiger partial charge in [-0.05, 0) is 38.5 Å². The summed E-state index contributed by atoms with van der Waals surface area (Å²) in [7, 11) is 0. The Labute approximate surface area is 138 Å². The van der Waals surface area contributed by atoms with Gasteiger partial charge in [0.2, 0.25) is 5.91 Å². The van der Waals surface area contributed by atoms with E-state index in [0.717, 1.165) is 16.3 Å². The number of hydrogen-bond acceptors (Lipinski definition) is 6. The number of benzene rings is 1. The number of hydrogen-bond donors (Lipinski definition) is 0. The number of aromatic nitrogens is 2. The molecule has 0 radical (unpaired) electrons. The molecule has 1 aliphatic rings. The summed E-state index contributed by atoms with van der Waals surface area (Å²) in [5.41, 5.74) is 3.19. The number of likely N-dealkylation sites (tertiary alicyclic amines) is 1. The number of nitrogens with zero attached hydrogens (tertiary/aromatic N) is 3. The number of carbonyl (C=O) groups is 3. The van der Waals surface area contributed by atoms with Crippen molar-refractivity contribution >= 4 is 28.8 Å². The predicted octanol–water partition coefficient (Wildman–Crippen LogP) is 1.55. The summed E-state index contributed by atoms with van der Waals surface area (Å²) >= 11 is 0. The van der Waals surface area contributed by atoms with Crippen LogP contribution < -0.4 is 0 Å². The molecular formula is C17H17N3O4. The minimum absolute atomic E-state index is 0.220. The standard InChI is InChI=1S/C17H17N3O4/c1-10-11(2)19-14-8-12(5-6-13(14)18-10)17(23)24-9-16(22)20-7-3-4-15(20)21/h5-6,8H,3-4,7,9H2,1-2H3. The van der Waals surface area contributed by atoms with Crippen molar-refractivity contribution in [3.8, 4) is 0 Å². The van der Waals surface area contributed by atoms with E-state index in [0.29, 0.717) is 36.0 Å². The summed E-state index contributed by atoms with van der Waals surface area (Å²) in [6.45, 7) is 3.66. The van der Waals surface area contributed by atoms with Crippen LogP contribution in [0.2, 0.25) is 0 Å². The third kappa shape index (κ3) is 3.10. The molecule has 2 amide bonds. The molecule has 0 unspecified atom stereocenters. The van der Waals surface area contributed by atoms with Gasteiger partial charge in [0.15, 0.2) is 6.61 Å². The average molecular weight is 327 g/mol. The fraction of sp³-hybridized carbons (Fsp3) is 0.353. The molecule has 1 aliphatic heterocycles. The van der Waals surface area contributed by atoms with Crippen LogP contribution in [0.25, 0.3) is 11.0 Å². The number of fused-ring (bicyclic) bond motifs is 1. The normalized spacial score (nSPS) is 14.2. The fourth-order valence-electron chi connectivity index (χ4n) is 2.56. The Balaban J connectivity index is 1.70.